The molecule has 24 heavy (non-hydrogen) atoms. The maximum atomic E-state index is 12.7. The molecule has 6 heteroatoms. The van der Waals surface area contributed by atoms with E-state index in [1.165, 1.54) is 0 Å². The summed E-state index contributed by atoms with van der Waals surface area (Å²) in [6, 6.07) is 4.11. The molecule has 2 heterocycles. The highest BCUT2D eigenvalue weighted by Crippen LogP contribution is 2.33. The van der Waals surface area contributed by atoms with Crippen molar-refractivity contribution in [1.82, 2.24) is 4.98 Å². The lowest BCUT2D eigenvalue weighted by atomic mass is 10.0. The van der Waals surface area contributed by atoms with E-state index in [0.717, 1.165) is 22.4 Å². The van der Waals surface area contributed by atoms with E-state index in [4.69, 9.17) is 4.74 Å². The molecular formula is C18H22N3O3+. The summed E-state index contributed by atoms with van der Waals surface area (Å²) in [5.74, 6) is 0.127. The van der Waals surface area contributed by atoms with Crippen LogP contribution in [0.2, 0.25) is 0 Å². The van der Waals surface area contributed by atoms with Gasteiger partial charge in [-0.3, -0.25) is 4.79 Å². The molecular weight excluding hydrogens is 306 g/mol. The predicted molar refractivity (Wildman–Crippen MR) is 89.5 cm³/mol. The number of hydrogen-bond acceptors (Lipinski definition) is 3. The number of aromatic nitrogens is 2. The minimum absolute atomic E-state index is 0.0677. The summed E-state index contributed by atoms with van der Waals surface area (Å²) in [5, 5.41) is 0. The van der Waals surface area contributed by atoms with Crippen molar-refractivity contribution < 1.29 is 18.9 Å². The average molecular weight is 328 g/mol. The summed E-state index contributed by atoms with van der Waals surface area (Å²) >= 11 is 0. The molecule has 0 saturated heterocycles. The van der Waals surface area contributed by atoms with Crippen molar-refractivity contribution in [2.45, 2.75) is 41.2 Å². The van der Waals surface area contributed by atoms with E-state index < -0.39 is 5.97 Å². The quantitative estimate of drug-likeness (QED) is 0.695. The van der Waals surface area contributed by atoms with Gasteiger partial charge in [0.05, 0.1) is 6.61 Å². The number of hydrogen-bond donors (Lipinski definition) is 1. The van der Waals surface area contributed by atoms with E-state index in [2.05, 4.69) is 17.1 Å². The minimum atomic E-state index is -0.412. The molecule has 0 fully saturated rings. The molecule has 126 valence electrons. The number of aryl methyl sites for hydroxylation is 4. The van der Waals surface area contributed by atoms with Gasteiger partial charge < -0.3 is 4.74 Å². The van der Waals surface area contributed by atoms with Crippen LogP contribution >= 0.6 is 0 Å². The van der Waals surface area contributed by atoms with Crippen LogP contribution in [0.3, 0.4) is 0 Å². The largest absolute Gasteiger partial charge is 0.460 e. The standard InChI is InChI=1S/C18H21N3O3/c1-6-24-17(23)16-13(5)19-18-20(16)9-14(22)21(18)15-11(3)7-10(2)8-12(15)4/h7-8H,6,9H2,1-5H3/p+1. The number of aromatic amines is 1. The lowest BCUT2D eigenvalue weighted by Gasteiger charge is -2.14. The lowest BCUT2D eigenvalue weighted by molar-refractivity contribution is -0.665. The molecule has 1 amide bonds. The van der Waals surface area contributed by atoms with Gasteiger partial charge >= 0.3 is 17.8 Å². The third-order valence-electron chi connectivity index (χ3n) is 4.26. The summed E-state index contributed by atoms with van der Waals surface area (Å²) in [4.78, 5) is 29.7. The summed E-state index contributed by atoms with van der Waals surface area (Å²) < 4.78 is 6.82. The molecule has 1 aliphatic rings. The maximum Gasteiger partial charge on any atom is 0.373 e. The number of carbonyl (C=O) groups is 2. The Morgan fingerprint density at radius 3 is 2.46 bits per heavy atom. The summed E-state index contributed by atoms with van der Waals surface area (Å²) in [6.07, 6.45) is 0. The number of rotatable bonds is 3. The van der Waals surface area contributed by atoms with Gasteiger partial charge in [-0.25, -0.2) is 14.3 Å². The Kier molecular flexibility index (Phi) is 3.91. The van der Waals surface area contributed by atoms with Crippen molar-refractivity contribution in [3.63, 3.8) is 0 Å². The fourth-order valence-corrected chi connectivity index (χ4v) is 3.48. The van der Waals surface area contributed by atoms with E-state index >= 15 is 0 Å². The molecule has 0 aliphatic carbocycles. The zero-order valence-corrected chi connectivity index (χ0v) is 14.7. The van der Waals surface area contributed by atoms with Gasteiger partial charge in [-0.05, 0) is 45.7 Å². The van der Waals surface area contributed by atoms with Crippen LogP contribution in [-0.2, 0) is 16.1 Å². The van der Waals surface area contributed by atoms with Crippen molar-refractivity contribution in [3.05, 3.63) is 40.2 Å². The van der Waals surface area contributed by atoms with E-state index in [1.807, 2.05) is 27.7 Å². The zero-order valence-electron chi connectivity index (χ0n) is 14.7. The Labute approximate surface area is 141 Å². The van der Waals surface area contributed by atoms with Crippen LogP contribution in [0.1, 0.15) is 39.8 Å². The first kappa shape index (κ1) is 16.2. The highest BCUT2D eigenvalue weighted by molar-refractivity contribution is 6.01. The number of esters is 1. The van der Waals surface area contributed by atoms with Crippen LogP contribution in [0, 0.1) is 27.7 Å². The van der Waals surface area contributed by atoms with E-state index in [-0.39, 0.29) is 12.5 Å². The monoisotopic (exact) mass is 328 g/mol. The lowest BCUT2D eigenvalue weighted by Crippen LogP contribution is -2.38. The Morgan fingerprint density at radius 2 is 1.88 bits per heavy atom. The highest BCUT2D eigenvalue weighted by Gasteiger charge is 2.44. The number of imidazole rings is 1. The molecule has 0 radical (unpaired) electrons. The number of nitrogens with zero attached hydrogens (tertiary/aromatic N) is 2. The maximum absolute atomic E-state index is 12.7. The molecule has 0 atom stereocenters. The van der Waals surface area contributed by atoms with Crippen LogP contribution in [0.5, 0.6) is 0 Å². The molecule has 1 aromatic heterocycles. The number of nitrogens with one attached hydrogen (secondary N) is 1. The second kappa shape index (κ2) is 5.78. The minimum Gasteiger partial charge on any atom is -0.460 e. The van der Waals surface area contributed by atoms with Gasteiger partial charge in [0.1, 0.15) is 11.4 Å². The fourth-order valence-electron chi connectivity index (χ4n) is 3.48. The normalized spacial score (nSPS) is 13.4. The van der Waals surface area contributed by atoms with Crippen molar-refractivity contribution >= 4 is 23.5 Å². The molecule has 1 aromatic carbocycles. The van der Waals surface area contributed by atoms with Crippen molar-refractivity contribution in [3.8, 4) is 0 Å². The number of anilines is 2. The predicted octanol–water partition coefficient (Wildman–Crippen LogP) is 2.39. The first-order valence-electron chi connectivity index (χ1n) is 8.05. The van der Waals surface area contributed by atoms with Gasteiger partial charge in [0.25, 0.3) is 0 Å². The van der Waals surface area contributed by atoms with Crippen LogP contribution in [0.4, 0.5) is 11.6 Å². The summed E-state index contributed by atoms with van der Waals surface area (Å²) in [6.45, 7) is 10.0. The second-order valence-electron chi connectivity index (χ2n) is 6.21. The number of H-pyrrole nitrogens is 1. The molecule has 2 aromatic rings. The van der Waals surface area contributed by atoms with E-state index in [0.29, 0.717) is 23.9 Å². The van der Waals surface area contributed by atoms with Gasteiger partial charge in [0.2, 0.25) is 5.69 Å². The highest BCUT2D eigenvalue weighted by atomic mass is 16.5. The number of carbonyl (C=O) groups excluding carboxylic acids is 2. The Balaban J connectivity index is 2.15. The van der Waals surface area contributed by atoms with Crippen LogP contribution in [-0.4, -0.2) is 23.5 Å². The van der Waals surface area contributed by atoms with Gasteiger partial charge in [0, 0.05) is 0 Å². The Morgan fingerprint density at radius 1 is 1.25 bits per heavy atom. The molecule has 6 nitrogen and oxygen atoms in total. The summed E-state index contributed by atoms with van der Waals surface area (Å²) in [5.41, 5.74) is 5.18. The molecule has 0 unspecified atom stereocenters. The molecule has 3 rings (SSSR count). The Hall–Kier alpha value is -2.63. The topological polar surface area (TPSA) is 66.3 Å². The number of benzene rings is 1. The third kappa shape index (κ3) is 2.38. The first-order chi connectivity index (χ1) is 11.3. The van der Waals surface area contributed by atoms with Gasteiger partial charge in [-0.2, -0.15) is 4.90 Å². The summed E-state index contributed by atoms with van der Waals surface area (Å²) in [7, 11) is 0. The molecule has 0 saturated carbocycles. The molecule has 1 N–H and O–H groups in total. The second-order valence-corrected chi connectivity index (χ2v) is 6.21. The van der Waals surface area contributed by atoms with Crippen molar-refractivity contribution in [2.75, 3.05) is 11.5 Å². The van der Waals surface area contributed by atoms with Crippen LogP contribution < -0.4 is 9.47 Å². The smallest absolute Gasteiger partial charge is 0.373 e. The molecule has 0 spiro atoms. The molecule has 0 bridgehead atoms. The van der Waals surface area contributed by atoms with Crippen LogP contribution in [0.15, 0.2) is 12.1 Å². The SMILES string of the molecule is CCOC(=O)c1c(C)[nH]c2[n+]1CC(=O)N2c1c(C)cc(C)cc1C. The van der Waals surface area contributed by atoms with Gasteiger partial charge in [-0.1, -0.05) is 17.7 Å². The number of amides is 1. The van der Waals surface area contributed by atoms with Crippen molar-refractivity contribution in [1.29, 1.82) is 0 Å². The fraction of sp³-hybridized carbons (Fsp3) is 0.389. The zero-order chi connectivity index (χ0) is 17.6. The van der Waals surface area contributed by atoms with E-state index in [1.54, 1.807) is 16.4 Å². The Bertz CT molecular complexity index is 828. The first-order valence-corrected chi connectivity index (χ1v) is 8.05. The van der Waals surface area contributed by atoms with Gasteiger partial charge in [-0.15, -0.1) is 0 Å². The van der Waals surface area contributed by atoms with Gasteiger partial charge in [0.15, 0.2) is 6.54 Å². The number of ether oxygens (including phenoxy) is 1. The van der Waals surface area contributed by atoms with Crippen molar-refractivity contribution in [2.24, 2.45) is 0 Å². The van der Waals surface area contributed by atoms with E-state index in [9.17, 15) is 9.59 Å². The molecule has 1 aliphatic heterocycles. The average Bonchev–Trinajstić information content (AvgIpc) is 2.93. The van der Waals surface area contributed by atoms with Crippen LogP contribution in [0.25, 0.3) is 0 Å². The number of fused-ring (bicyclic) bond motifs is 1. The third-order valence-corrected chi connectivity index (χ3v) is 4.26.